The molecular weight excluding hydrogens is 284 g/mol. The monoisotopic (exact) mass is 316 g/mol. The van der Waals surface area contributed by atoms with E-state index in [1.807, 2.05) is 0 Å². The second-order valence-electron chi connectivity index (χ2n) is 7.40. The summed E-state index contributed by atoms with van der Waals surface area (Å²) in [6, 6.07) is 0.410. The average molecular weight is 317 g/mol. The average Bonchev–Trinajstić information content (AvgIpc) is 2.89. The molecule has 1 saturated carbocycles. The molecule has 21 heavy (non-hydrogen) atoms. The zero-order valence-corrected chi connectivity index (χ0v) is 14.7. The van der Waals surface area contributed by atoms with E-state index in [-0.39, 0.29) is 18.3 Å². The molecule has 1 amide bonds. The van der Waals surface area contributed by atoms with E-state index in [1.165, 1.54) is 25.7 Å². The molecule has 4 unspecified atom stereocenters. The molecule has 1 aliphatic heterocycles. The molecular formula is C17H33ClN2O. The number of hydrogen-bond acceptors (Lipinski definition) is 2. The van der Waals surface area contributed by atoms with Crippen LogP contribution in [0.1, 0.15) is 59.3 Å². The second-order valence-corrected chi connectivity index (χ2v) is 7.40. The van der Waals surface area contributed by atoms with Crippen molar-refractivity contribution in [3.8, 4) is 0 Å². The van der Waals surface area contributed by atoms with Crippen LogP contribution in [0.15, 0.2) is 0 Å². The summed E-state index contributed by atoms with van der Waals surface area (Å²) in [7, 11) is 0. The Balaban J connectivity index is 0.00000220. The quantitative estimate of drug-likeness (QED) is 0.816. The summed E-state index contributed by atoms with van der Waals surface area (Å²) in [6.07, 6.45) is 6.76. The van der Waals surface area contributed by atoms with E-state index >= 15 is 0 Å². The molecule has 124 valence electrons. The van der Waals surface area contributed by atoms with Gasteiger partial charge in [0, 0.05) is 12.5 Å². The van der Waals surface area contributed by atoms with Crippen LogP contribution in [0, 0.1) is 23.7 Å². The van der Waals surface area contributed by atoms with Gasteiger partial charge in [0.2, 0.25) is 5.91 Å². The Morgan fingerprint density at radius 2 is 2.05 bits per heavy atom. The van der Waals surface area contributed by atoms with Crippen LogP contribution in [-0.2, 0) is 4.79 Å². The normalized spacial score (nSPS) is 32.8. The van der Waals surface area contributed by atoms with Crippen molar-refractivity contribution in [2.24, 2.45) is 23.7 Å². The molecule has 3 nitrogen and oxygen atoms in total. The molecule has 4 heteroatoms. The molecule has 0 radical (unpaired) electrons. The van der Waals surface area contributed by atoms with Crippen molar-refractivity contribution in [2.75, 3.05) is 13.1 Å². The fraction of sp³-hybridized carbons (Fsp3) is 0.941. The summed E-state index contributed by atoms with van der Waals surface area (Å²) >= 11 is 0. The molecule has 0 spiro atoms. The van der Waals surface area contributed by atoms with Gasteiger partial charge in [-0.3, -0.25) is 4.79 Å². The van der Waals surface area contributed by atoms with Gasteiger partial charge in [0.25, 0.3) is 0 Å². The highest BCUT2D eigenvalue weighted by Crippen LogP contribution is 2.33. The summed E-state index contributed by atoms with van der Waals surface area (Å²) < 4.78 is 0. The van der Waals surface area contributed by atoms with Gasteiger partial charge in [-0.05, 0) is 62.4 Å². The molecule has 1 heterocycles. The smallest absolute Gasteiger partial charge is 0.220 e. The van der Waals surface area contributed by atoms with E-state index in [0.717, 1.165) is 25.4 Å². The molecule has 1 aliphatic carbocycles. The predicted molar refractivity (Wildman–Crippen MR) is 90.7 cm³/mol. The number of carbonyl (C=O) groups excluding carboxylic acids is 1. The van der Waals surface area contributed by atoms with E-state index in [4.69, 9.17) is 0 Å². The minimum absolute atomic E-state index is 0. The maximum absolute atomic E-state index is 12.2. The first kappa shape index (κ1) is 18.8. The first-order valence-corrected chi connectivity index (χ1v) is 8.56. The van der Waals surface area contributed by atoms with E-state index < -0.39 is 0 Å². The summed E-state index contributed by atoms with van der Waals surface area (Å²) in [5, 5.41) is 6.72. The molecule has 1 saturated heterocycles. The number of amides is 1. The highest BCUT2D eigenvalue weighted by atomic mass is 35.5. The van der Waals surface area contributed by atoms with Gasteiger partial charge in [-0.15, -0.1) is 12.4 Å². The van der Waals surface area contributed by atoms with Crippen molar-refractivity contribution >= 4 is 18.3 Å². The maximum atomic E-state index is 12.2. The molecule has 0 aromatic carbocycles. The number of hydrogen-bond donors (Lipinski definition) is 2. The van der Waals surface area contributed by atoms with Crippen LogP contribution in [0.5, 0.6) is 0 Å². The van der Waals surface area contributed by atoms with E-state index in [0.29, 0.717) is 30.2 Å². The highest BCUT2D eigenvalue weighted by Gasteiger charge is 2.31. The Morgan fingerprint density at radius 3 is 2.67 bits per heavy atom. The van der Waals surface area contributed by atoms with Gasteiger partial charge in [-0.25, -0.2) is 0 Å². The Labute approximate surface area is 136 Å². The second kappa shape index (κ2) is 8.99. The standard InChI is InChI=1S/C17H32N2O.ClH/c1-12(2)15-6-4-13(3)10-16(15)19-17(20)7-5-14-8-9-18-11-14;/h12-16,18H,4-11H2,1-3H3,(H,19,20);1H. The summed E-state index contributed by atoms with van der Waals surface area (Å²) in [5.41, 5.74) is 0. The first-order chi connectivity index (χ1) is 9.56. The number of halogens is 1. The van der Waals surface area contributed by atoms with E-state index in [1.54, 1.807) is 0 Å². The lowest BCUT2D eigenvalue weighted by Crippen LogP contribution is -2.45. The third-order valence-corrected chi connectivity index (χ3v) is 5.31. The summed E-state index contributed by atoms with van der Waals surface area (Å²) in [6.45, 7) is 9.14. The Bertz CT molecular complexity index is 316. The van der Waals surface area contributed by atoms with Gasteiger partial charge in [-0.1, -0.05) is 27.2 Å². The topological polar surface area (TPSA) is 41.1 Å². The number of nitrogens with one attached hydrogen (secondary N) is 2. The molecule has 2 rings (SSSR count). The molecule has 2 fully saturated rings. The van der Waals surface area contributed by atoms with Gasteiger partial charge in [0.05, 0.1) is 0 Å². The predicted octanol–water partition coefficient (Wildman–Crippen LogP) is 3.37. The third kappa shape index (κ3) is 5.78. The fourth-order valence-electron chi connectivity index (χ4n) is 3.94. The molecule has 0 aromatic rings. The van der Waals surface area contributed by atoms with Crippen LogP contribution >= 0.6 is 12.4 Å². The third-order valence-electron chi connectivity index (χ3n) is 5.31. The molecule has 2 N–H and O–H groups in total. The molecule has 0 aromatic heterocycles. The van der Waals surface area contributed by atoms with Gasteiger partial charge in [-0.2, -0.15) is 0 Å². The Morgan fingerprint density at radius 1 is 1.29 bits per heavy atom. The Hall–Kier alpha value is -0.280. The minimum Gasteiger partial charge on any atom is -0.353 e. The SMILES string of the molecule is CC1CCC(C(C)C)C(NC(=O)CCC2CCNC2)C1.Cl. The zero-order valence-electron chi connectivity index (χ0n) is 13.9. The van der Waals surface area contributed by atoms with Gasteiger partial charge in [0.15, 0.2) is 0 Å². The first-order valence-electron chi connectivity index (χ1n) is 8.56. The van der Waals surface area contributed by atoms with Crippen molar-refractivity contribution < 1.29 is 4.79 Å². The van der Waals surface area contributed by atoms with Crippen LogP contribution in [0.2, 0.25) is 0 Å². The highest BCUT2D eigenvalue weighted by molar-refractivity contribution is 5.85. The fourth-order valence-corrected chi connectivity index (χ4v) is 3.94. The molecule has 2 aliphatic rings. The lowest BCUT2D eigenvalue weighted by Gasteiger charge is -2.37. The van der Waals surface area contributed by atoms with Crippen LogP contribution in [0.25, 0.3) is 0 Å². The zero-order chi connectivity index (χ0) is 14.5. The van der Waals surface area contributed by atoms with E-state index in [2.05, 4.69) is 31.4 Å². The van der Waals surface area contributed by atoms with Crippen molar-refractivity contribution in [3.05, 3.63) is 0 Å². The molecule has 0 bridgehead atoms. The Kier molecular flexibility index (Phi) is 8.04. The lowest BCUT2D eigenvalue weighted by molar-refractivity contribution is -0.123. The maximum Gasteiger partial charge on any atom is 0.220 e. The van der Waals surface area contributed by atoms with Gasteiger partial charge in [0.1, 0.15) is 0 Å². The lowest BCUT2D eigenvalue weighted by atomic mass is 9.74. The number of carbonyl (C=O) groups is 1. The van der Waals surface area contributed by atoms with Crippen LogP contribution in [0.4, 0.5) is 0 Å². The number of rotatable bonds is 5. The summed E-state index contributed by atoms with van der Waals surface area (Å²) in [5.74, 6) is 3.10. The van der Waals surface area contributed by atoms with Gasteiger partial charge >= 0.3 is 0 Å². The van der Waals surface area contributed by atoms with Gasteiger partial charge < -0.3 is 10.6 Å². The van der Waals surface area contributed by atoms with Crippen molar-refractivity contribution in [2.45, 2.75) is 65.3 Å². The molecule has 4 atom stereocenters. The summed E-state index contributed by atoms with van der Waals surface area (Å²) in [4.78, 5) is 12.2. The van der Waals surface area contributed by atoms with Crippen LogP contribution in [-0.4, -0.2) is 25.0 Å². The van der Waals surface area contributed by atoms with Crippen molar-refractivity contribution in [3.63, 3.8) is 0 Å². The van der Waals surface area contributed by atoms with Crippen LogP contribution in [0.3, 0.4) is 0 Å². The largest absolute Gasteiger partial charge is 0.353 e. The van der Waals surface area contributed by atoms with Crippen LogP contribution < -0.4 is 10.6 Å². The van der Waals surface area contributed by atoms with Crippen molar-refractivity contribution in [1.82, 2.24) is 10.6 Å². The minimum atomic E-state index is 0. The van der Waals surface area contributed by atoms with E-state index in [9.17, 15) is 4.79 Å². The van der Waals surface area contributed by atoms with Crippen molar-refractivity contribution in [1.29, 1.82) is 0 Å².